The zero-order chi connectivity index (χ0) is 21.8. The summed E-state index contributed by atoms with van der Waals surface area (Å²) in [4.78, 5) is 25.9. The van der Waals surface area contributed by atoms with Crippen molar-refractivity contribution in [1.82, 2.24) is 9.13 Å². The SMILES string of the molecule is COC(=O)c1cccc(C2(n3c(=O)n(-c4ccc(Br)cc4)c4cc(Cl)ccc43)CC2)c1. The van der Waals surface area contributed by atoms with Crippen molar-refractivity contribution in [3.63, 3.8) is 0 Å². The fourth-order valence-corrected chi connectivity index (χ4v) is 4.67. The number of esters is 1. The zero-order valence-corrected chi connectivity index (χ0v) is 19.0. The van der Waals surface area contributed by atoms with Crippen molar-refractivity contribution in [3.05, 3.63) is 97.8 Å². The van der Waals surface area contributed by atoms with Crippen molar-refractivity contribution >= 4 is 44.5 Å². The molecule has 156 valence electrons. The third kappa shape index (κ3) is 3.22. The number of halogens is 2. The van der Waals surface area contributed by atoms with E-state index in [2.05, 4.69) is 15.9 Å². The Morgan fingerprint density at radius 3 is 2.45 bits per heavy atom. The smallest absolute Gasteiger partial charge is 0.337 e. The molecule has 1 aliphatic carbocycles. The molecule has 0 radical (unpaired) electrons. The van der Waals surface area contributed by atoms with Crippen LogP contribution in [0, 0.1) is 0 Å². The highest BCUT2D eigenvalue weighted by atomic mass is 79.9. The molecule has 1 heterocycles. The lowest BCUT2D eigenvalue weighted by atomic mass is 10.0. The minimum Gasteiger partial charge on any atom is -0.465 e. The van der Waals surface area contributed by atoms with E-state index in [1.54, 1.807) is 16.7 Å². The normalized spacial score (nSPS) is 14.5. The first-order chi connectivity index (χ1) is 14.9. The fraction of sp³-hybridized carbons (Fsp3) is 0.167. The summed E-state index contributed by atoms with van der Waals surface area (Å²) < 4.78 is 9.35. The molecule has 0 bridgehead atoms. The molecule has 0 N–H and O–H groups in total. The topological polar surface area (TPSA) is 53.2 Å². The van der Waals surface area contributed by atoms with E-state index in [0.717, 1.165) is 39.6 Å². The zero-order valence-electron chi connectivity index (χ0n) is 16.6. The van der Waals surface area contributed by atoms with Crippen molar-refractivity contribution in [2.75, 3.05) is 7.11 Å². The Labute approximate surface area is 192 Å². The molecule has 1 fully saturated rings. The number of nitrogens with zero attached hydrogens (tertiary/aromatic N) is 2. The molecule has 5 rings (SSSR count). The summed E-state index contributed by atoms with van der Waals surface area (Å²) in [6.07, 6.45) is 1.61. The second-order valence-electron chi connectivity index (χ2n) is 7.67. The molecule has 7 heteroatoms. The molecule has 0 amide bonds. The van der Waals surface area contributed by atoms with E-state index in [4.69, 9.17) is 16.3 Å². The largest absolute Gasteiger partial charge is 0.465 e. The number of benzene rings is 3. The number of carbonyl (C=O) groups excluding carboxylic acids is 1. The van der Waals surface area contributed by atoms with Gasteiger partial charge in [0.2, 0.25) is 0 Å². The lowest BCUT2D eigenvalue weighted by Gasteiger charge is -2.19. The summed E-state index contributed by atoms with van der Waals surface area (Å²) in [5.41, 5.74) is 3.06. The molecule has 31 heavy (non-hydrogen) atoms. The molecule has 1 saturated carbocycles. The first-order valence-electron chi connectivity index (χ1n) is 9.83. The van der Waals surface area contributed by atoms with Gasteiger partial charge in [-0.25, -0.2) is 9.59 Å². The highest BCUT2D eigenvalue weighted by molar-refractivity contribution is 9.10. The van der Waals surface area contributed by atoms with Gasteiger partial charge < -0.3 is 4.74 Å². The Kier molecular flexibility index (Phi) is 4.79. The maximum atomic E-state index is 13.8. The van der Waals surface area contributed by atoms with Gasteiger partial charge in [-0.1, -0.05) is 39.7 Å². The predicted octanol–water partition coefficient (Wildman–Crippen LogP) is 5.53. The van der Waals surface area contributed by atoms with E-state index in [1.165, 1.54) is 7.11 Å². The lowest BCUT2D eigenvalue weighted by Crippen LogP contribution is -2.32. The van der Waals surface area contributed by atoms with Crippen LogP contribution in [0.1, 0.15) is 28.8 Å². The van der Waals surface area contributed by atoms with E-state index < -0.39 is 11.5 Å². The third-order valence-corrected chi connectivity index (χ3v) is 6.62. The summed E-state index contributed by atoms with van der Waals surface area (Å²) in [7, 11) is 1.36. The number of imidazole rings is 1. The van der Waals surface area contributed by atoms with E-state index in [9.17, 15) is 9.59 Å². The fourth-order valence-electron chi connectivity index (χ4n) is 4.24. The van der Waals surface area contributed by atoms with E-state index in [1.807, 2.05) is 59.2 Å². The summed E-state index contributed by atoms with van der Waals surface area (Å²) in [5, 5.41) is 0.563. The lowest BCUT2D eigenvalue weighted by molar-refractivity contribution is 0.0600. The number of rotatable bonds is 4. The van der Waals surface area contributed by atoms with E-state index in [-0.39, 0.29) is 5.69 Å². The van der Waals surface area contributed by atoms with Crippen molar-refractivity contribution in [2.45, 2.75) is 18.4 Å². The van der Waals surface area contributed by atoms with Crippen LogP contribution >= 0.6 is 27.5 Å². The molecule has 3 aromatic carbocycles. The van der Waals surface area contributed by atoms with Gasteiger partial charge in [0.1, 0.15) is 0 Å². The van der Waals surface area contributed by atoms with Gasteiger partial charge in [-0.05, 0) is 73.0 Å². The highest BCUT2D eigenvalue weighted by Gasteiger charge is 2.49. The molecular weight excluding hydrogens is 480 g/mol. The molecule has 4 aromatic rings. The van der Waals surface area contributed by atoms with Crippen LogP contribution in [0.15, 0.2) is 76.0 Å². The van der Waals surface area contributed by atoms with Crippen LogP contribution in [0.3, 0.4) is 0 Å². The van der Waals surface area contributed by atoms with Crippen LogP contribution in [0.2, 0.25) is 5.02 Å². The molecular formula is C24H18BrClN2O3. The van der Waals surface area contributed by atoms with Crippen molar-refractivity contribution < 1.29 is 9.53 Å². The van der Waals surface area contributed by atoms with Crippen molar-refractivity contribution in [1.29, 1.82) is 0 Å². The van der Waals surface area contributed by atoms with Crippen LogP contribution < -0.4 is 5.69 Å². The standard InChI is InChI=1S/C24H18BrClN2O3/c1-31-22(29)15-3-2-4-16(13-15)24(11-12-24)28-20-10-7-18(26)14-21(20)27(23(28)30)19-8-5-17(25)6-9-19/h2-10,13-14H,11-12H2,1H3. The Bertz CT molecular complexity index is 1380. The van der Waals surface area contributed by atoms with Gasteiger partial charge in [0.05, 0.1) is 34.9 Å². The summed E-state index contributed by atoms with van der Waals surface area (Å²) >= 11 is 9.75. The maximum absolute atomic E-state index is 13.8. The van der Waals surface area contributed by atoms with E-state index in [0.29, 0.717) is 10.6 Å². The quantitative estimate of drug-likeness (QED) is 0.348. The van der Waals surface area contributed by atoms with E-state index >= 15 is 0 Å². The third-order valence-electron chi connectivity index (χ3n) is 5.86. The highest BCUT2D eigenvalue weighted by Crippen LogP contribution is 2.50. The van der Waals surface area contributed by atoms with Gasteiger partial charge >= 0.3 is 11.7 Å². The predicted molar refractivity (Wildman–Crippen MR) is 124 cm³/mol. The number of hydrogen-bond donors (Lipinski definition) is 0. The summed E-state index contributed by atoms with van der Waals surface area (Å²) in [6.45, 7) is 0. The summed E-state index contributed by atoms with van der Waals surface area (Å²) in [5.74, 6) is -0.394. The van der Waals surface area contributed by atoms with Gasteiger partial charge in [0.15, 0.2) is 0 Å². The monoisotopic (exact) mass is 496 g/mol. The number of aromatic nitrogens is 2. The van der Waals surface area contributed by atoms with Crippen LogP contribution in [0.25, 0.3) is 16.7 Å². The van der Waals surface area contributed by atoms with Crippen LogP contribution in [-0.2, 0) is 10.3 Å². The Balaban J connectivity index is 1.77. The number of fused-ring (bicyclic) bond motifs is 1. The average molecular weight is 498 g/mol. The molecule has 0 spiro atoms. The van der Waals surface area contributed by atoms with Gasteiger partial charge in [0, 0.05) is 9.50 Å². The molecule has 0 saturated heterocycles. The average Bonchev–Trinajstić information content (AvgIpc) is 3.52. The number of hydrogen-bond acceptors (Lipinski definition) is 3. The molecule has 1 aromatic heterocycles. The molecule has 5 nitrogen and oxygen atoms in total. The van der Waals surface area contributed by atoms with Crippen LogP contribution in [0.5, 0.6) is 0 Å². The first kappa shape index (κ1) is 20.1. The van der Waals surface area contributed by atoms with Gasteiger partial charge in [-0.3, -0.25) is 9.13 Å². The Hall–Kier alpha value is -2.83. The molecule has 0 atom stereocenters. The molecule has 1 aliphatic rings. The second kappa shape index (κ2) is 7.39. The molecule has 0 aliphatic heterocycles. The number of carbonyl (C=O) groups is 1. The minimum atomic E-state index is -0.506. The Morgan fingerprint density at radius 1 is 1.03 bits per heavy atom. The Morgan fingerprint density at radius 2 is 1.77 bits per heavy atom. The minimum absolute atomic E-state index is 0.138. The molecule has 0 unspecified atom stereocenters. The maximum Gasteiger partial charge on any atom is 0.337 e. The van der Waals surface area contributed by atoms with Gasteiger partial charge in [-0.15, -0.1) is 0 Å². The van der Waals surface area contributed by atoms with Gasteiger partial charge in [0.25, 0.3) is 0 Å². The second-order valence-corrected chi connectivity index (χ2v) is 9.02. The van der Waals surface area contributed by atoms with Gasteiger partial charge in [-0.2, -0.15) is 0 Å². The van der Waals surface area contributed by atoms with Crippen LogP contribution in [0.4, 0.5) is 0 Å². The number of ether oxygens (including phenoxy) is 1. The van der Waals surface area contributed by atoms with Crippen LogP contribution in [-0.4, -0.2) is 22.2 Å². The first-order valence-corrected chi connectivity index (χ1v) is 11.0. The summed E-state index contributed by atoms with van der Waals surface area (Å²) in [6, 6.07) is 20.4. The van der Waals surface area contributed by atoms with Crippen molar-refractivity contribution in [2.24, 2.45) is 0 Å². The number of methoxy groups -OCH3 is 1. The van der Waals surface area contributed by atoms with Crippen molar-refractivity contribution in [3.8, 4) is 5.69 Å².